The van der Waals surface area contributed by atoms with Crippen molar-refractivity contribution in [3.63, 3.8) is 0 Å². The highest BCUT2D eigenvalue weighted by Gasteiger charge is 2.22. The van der Waals surface area contributed by atoms with E-state index in [9.17, 15) is 0 Å². The van der Waals surface area contributed by atoms with Crippen LogP contribution in [0.1, 0.15) is 17.2 Å². The number of halogens is 2. The van der Waals surface area contributed by atoms with Crippen LogP contribution in [0.25, 0.3) is 0 Å². The maximum Gasteiger partial charge on any atom is 0.162 e. The molecule has 0 saturated heterocycles. The van der Waals surface area contributed by atoms with Crippen molar-refractivity contribution >= 4 is 27.5 Å². The normalized spacial score (nSPS) is 14.8. The largest absolute Gasteiger partial charge is 0.486 e. The Morgan fingerprint density at radius 3 is 2.43 bits per heavy atom. The summed E-state index contributed by atoms with van der Waals surface area (Å²) in [5, 5.41) is 4.05. The second-order valence-electron chi connectivity index (χ2n) is 4.76. The van der Waals surface area contributed by atoms with Gasteiger partial charge in [-0.05, 0) is 36.4 Å². The molecule has 5 heteroatoms. The van der Waals surface area contributed by atoms with Crippen molar-refractivity contribution in [1.82, 2.24) is 5.32 Å². The van der Waals surface area contributed by atoms with E-state index in [1.807, 2.05) is 43.4 Å². The van der Waals surface area contributed by atoms with E-state index < -0.39 is 0 Å². The van der Waals surface area contributed by atoms with E-state index in [4.69, 9.17) is 21.1 Å². The molecule has 0 fully saturated rings. The molecule has 2 aromatic carbocycles. The molecule has 1 atom stereocenters. The van der Waals surface area contributed by atoms with Gasteiger partial charge in [-0.2, -0.15) is 0 Å². The van der Waals surface area contributed by atoms with Crippen molar-refractivity contribution in [2.75, 3.05) is 20.3 Å². The minimum Gasteiger partial charge on any atom is -0.486 e. The zero-order valence-corrected chi connectivity index (χ0v) is 13.9. The molecule has 3 rings (SSSR count). The first-order valence-corrected chi connectivity index (χ1v) is 7.88. The Balaban J connectivity index is 2.07. The van der Waals surface area contributed by atoms with Crippen molar-refractivity contribution in [2.24, 2.45) is 0 Å². The summed E-state index contributed by atoms with van der Waals surface area (Å²) in [5.74, 6) is 1.54. The van der Waals surface area contributed by atoms with Crippen molar-refractivity contribution in [3.05, 3.63) is 57.0 Å². The lowest BCUT2D eigenvalue weighted by Gasteiger charge is -2.24. The molecule has 0 amide bonds. The van der Waals surface area contributed by atoms with Crippen LogP contribution in [-0.4, -0.2) is 20.3 Å². The molecule has 2 aromatic rings. The van der Waals surface area contributed by atoms with E-state index >= 15 is 0 Å². The van der Waals surface area contributed by atoms with Crippen molar-refractivity contribution in [1.29, 1.82) is 0 Å². The summed E-state index contributed by atoms with van der Waals surface area (Å²) in [7, 11) is 1.91. The highest BCUT2D eigenvalue weighted by Crippen LogP contribution is 2.40. The molecule has 0 bridgehead atoms. The van der Waals surface area contributed by atoms with Crippen LogP contribution >= 0.6 is 27.5 Å². The quantitative estimate of drug-likeness (QED) is 0.881. The predicted octanol–water partition coefficient (Wildman–Crippen LogP) is 4.18. The molecule has 0 saturated carbocycles. The smallest absolute Gasteiger partial charge is 0.162 e. The molecular weight excluding hydrogens is 354 g/mol. The van der Waals surface area contributed by atoms with Crippen LogP contribution < -0.4 is 14.8 Å². The average Bonchev–Trinajstić information content (AvgIpc) is 2.50. The molecule has 1 N–H and O–H groups in total. The first-order valence-electron chi connectivity index (χ1n) is 6.71. The van der Waals surface area contributed by atoms with E-state index in [-0.39, 0.29) is 6.04 Å². The van der Waals surface area contributed by atoms with Crippen molar-refractivity contribution in [2.45, 2.75) is 6.04 Å². The van der Waals surface area contributed by atoms with Gasteiger partial charge in [0.2, 0.25) is 0 Å². The first kappa shape index (κ1) is 14.7. The van der Waals surface area contributed by atoms with Crippen LogP contribution in [0.2, 0.25) is 5.02 Å². The Hall–Kier alpha value is -1.23. The number of ether oxygens (including phenoxy) is 2. The fourth-order valence-electron chi connectivity index (χ4n) is 2.49. The molecule has 3 nitrogen and oxygen atoms in total. The molecule has 110 valence electrons. The van der Waals surface area contributed by atoms with Gasteiger partial charge < -0.3 is 14.8 Å². The molecule has 1 heterocycles. The first-order chi connectivity index (χ1) is 10.2. The van der Waals surface area contributed by atoms with Gasteiger partial charge in [0.25, 0.3) is 0 Å². The van der Waals surface area contributed by atoms with Crippen LogP contribution in [0.15, 0.2) is 40.9 Å². The summed E-state index contributed by atoms with van der Waals surface area (Å²) in [5.41, 5.74) is 2.09. The van der Waals surface area contributed by atoms with Gasteiger partial charge in [-0.3, -0.25) is 0 Å². The van der Waals surface area contributed by atoms with Gasteiger partial charge in [-0.25, -0.2) is 0 Å². The molecule has 21 heavy (non-hydrogen) atoms. The predicted molar refractivity (Wildman–Crippen MR) is 87.5 cm³/mol. The molecule has 0 aromatic heterocycles. The van der Waals surface area contributed by atoms with Crippen LogP contribution in [0.3, 0.4) is 0 Å². The van der Waals surface area contributed by atoms with Gasteiger partial charge in [-0.15, -0.1) is 0 Å². The number of benzene rings is 2. The van der Waals surface area contributed by atoms with Crippen LogP contribution in [-0.2, 0) is 0 Å². The van der Waals surface area contributed by atoms with Crippen molar-refractivity contribution in [3.8, 4) is 11.5 Å². The Morgan fingerprint density at radius 2 is 1.76 bits per heavy atom. The molecule has 0 aliphatic carbocycles. The van der Waals surface area contributed by atoms with Gasteiger partial charge >= 0.3 is 0 Å². The number of hydrogen-bond donors (Lipinski definition) is 1. The number of nitrogens with one attached hydrogen (secondary N) is 1. The molecule has 0 radical (unpaired) electrons. The van der Waals surface area contributed by atoms with E-state index in [0.717, 1.165) is 32.1 Å². The van der Waals surface area contributed by atoms with Gasteiger partial charge in [-0.1, -0.05) is 45.7 Å². The van der Waals surface area contributed by atoms with Gasteiger partial charge in [0.1, 0.15) is 13.2 Å². The molecule has 1 aliphatic rings. The van der Waals surface area contributed by atoms with E-state index in [0.29, 0.717) is 13.2 Å². The third-order valence-corrected chi connectivity index (χ3v) is 4.51. The average molecular weight is 369 g/mol. The topological polar surface area (TPSA) is 30.5 Å². The standard InChI is InChI=1S/C16H15BrClNO2/c1-19-16(10-4-2-3-5-13(10)18)11-8-14-15(9-12(11)17)21-7-6-20-14/h2-5,8-9,16,19H,6-7H2,1H3. The number of fused-ring (bicyclic) bond motifs is 1. The lowest BCUT2D eigenvalue weighted by atomic mass is 9.98. The highest BCUT2D eigenvalue weighted by atomic mass is 79.9. The SMILES string of the molecule is CNC(c1ccccc1Cl)c1cc2c(cc1Br)OCCO2. The summed E-state index contributed by atoms with van der Waals surface area (Å²) in [6.07, 6.45) is 0. The van der Waals surface area contributed by atoms with Crippen LogP contribution in [0.5, 0.6) is 11.5 Å². The van der Waals surface area contributed by atoms with E-state index in [1.165, 1.54) is 0 Å². The summed E-state index contributed by atoms with van der Waals surface area (Å²) < 4.78 is 12.2. The summed E-state index contributed by atoms with van der Waals surface area (Å²) in [4.78, 5) is 0. The van der Waals surface area contributed by atoms with Gasteiger partial charge in [0, 0.05) is 9.50 Å². The summed E-state index contributed by atoms with van der Waals surface area (Å²) in [6, 6.07) is 11.8. The van der Waals surface area contributed by atoms with Gasteiger partial charge in [0.15, 0.2) is 11.5 Å². The zero-order valence-electron chi connectivity index (χ0n) is 11.5. The molecule has 1 unspecified atom stereocenters. The highest BCUT2D eigenvalue weighted by molar-refractivity contribution is 9.10. The Labute approximate surface area is 137 Å². The van der Waals surface area contributed by atoms with Crippen LogP contribution in [0, 0.1) is 0 Å². The lowest BCUT2D eigenvalue weighted by Crippen LogP contribution is -2.20. The second-order valence-corrected chi connectivity index (χ2v) is 6.02. The molecule has 1 aliphatic heterocycles. The maximum atomic E-state index is 6.33. The van der Waals surface area contributed by atoms with E-state index in [1.54, 1.807) is 0 Å². The fraction of sp³-hybridized carbons (Fsp3) is 0.250. The molecular formula is C16H15BrClNO2. The summed E-state index contributed by atoms with van der Waals surface area (Å²) >= 11 is 9.95. The third kappa shape index (κ3) is 2.89. The Morgan fingerprint density at radius 1 is 1.10 bits per heavy atom. The third-order valence-electron chi connectivity index (χ3n) is 3.48. The summed E-state index contributed by atoms with van der Waals surface area (Å²) in [6.45, 7) is 1.16. The monoisotopic (exact) mass is 367 g/mol. The maximum absolute atomic E-state index is 6.33. The van der Waals surface area contributed by atoms with Crippen LogP contribution in [0.4, 0.5) is 0 Å². The minimum atomic E-state index is -0.0242. The minimum absolute atomic E-state index is 0.0242. The zero-order chi connectivity index (χ0) is 14.8. The number of rotatable bonds is 3. The second kappa shape index (κ2) is 6.26. The fourth-order valence-corrected chi connectivity index (χ4v) is 3.28. The van der Waals surface area contributed by atoms with E-state index in [2.05, 4.69) is 21.2 Å². The van der Waals surface area contributed by atoms with Gasteiger partial charge in [0.05, 0.1) is 6.04 Å². The number of hydrogen-bond acceptors (Lipinski definition) is 3. The van der Waals surface area contributed by atoms with Crippen molar-refractivity contribution < 1.29 is 9.47 Å². The molecule has 0 spiro atoms. The Bertz CT molecular complexity index is 663. The lowest BCUT2D eigenvalue weighted by molar-refractivity contribution is 0.171. The Kier molecular flexibility index (Phi) is 4.38.